The maximum atomic E-state index is 12.3. The molecule has 0 saturated carbocycles. The Morgan fingerprint density at radius 2 is 1.59 bits per heavy atom. The number of rotatable bonds is 9. The molecule has 0 fully saturated rings. The van der Waals surface area contributed by atoms with Crippen LogP contribution in [0.25, 0.3) is 0 Å². The molecule has 1 unspecified atom stereocenters. The topological polar surface area (TPSA) is 84.5 Å². The van der Waals surface area contributed by atoms with Crippen LogP contribution in [0.15, 0.2) is 54.6 Å². The number of anilines is 1. The number of hydrogen-bond donors (Lipinski definition) is 2. The van der Waals surface area contributed by atoms with Crippen LogP contribution in [-0.4, -0.2) is 30.9 Å². The van der Waals surface area contributed by atoms with E-state index in [4.69, 9.17) is 4.74 Å². The fourth-order valence-corrected chi connectivity index (χ4v) is 2.72. The highest BCUT2D eigenvalue weighted by Crippen LogP contribution is 2.19. The van der Waals surface area contributed by atoms with E-state index in [0.717, 1.165) is 5.56 Å². The first kappa shape index (κ1) is 22.1. The molecular weight excluding hydrogens is 368 g/mol. The van der Waals surface area contributed by atoms with Crippen molar-refractivity contribution < 1.29 is 19.1 Å². The Hall–Kier alpha value is -3.15. The number of carbonyl (C=O) groups is 3. The van der Waals surface area contributed by atoms with Gasteiger partial charge in [0.25, 0.3) is 11.8 Å². The molecule has 0 radical (unpaired) electrons. The number of para-hydroxylation sites is 1. The van der Waals surface area contributed by atoms with Crippen molar-refractivity contribution in [3.63, 3.8) is 0 Å². The third kappa shape index (κ3) is 7.41. The molecule has 6 nitrogen and oxygen atoms in total. The predicted octanol–water partition coefficient (Wildman–Crippen LogP) is 3.75. The standard InChI is InChI=1S/C23H28N2O4/c1-16(2)14-24-23(28)19-11-7-8-12-20(19)25-21(26)15-29-22(27)13-17(3)18-9-5-4-6-10-18/h4-12,16-17H,13-15H2,1-3H3,(H,24,28)(H,25,26). The molecule has 0 spiro atoms. The van der Waals surface area contributed by atoms with E-state index in [2.05, 4.69) is 10.6 Å². The molecule has 0 aliphatic carbocycles. The molecule has 29 heavy (non-hydrogen) atoms. The first-order valence-electron chi connectivity index (χ1n) is 9.74. The minimum Gasteiger partial charge on any atom is -0.456 e. The summed E-state index contributed by atoms with van der Waals surface area (Å²) in [7, 11) is 0. The molecule has 2 aromatic carbocycles. The normalized spacial score (nSPS) is 11.6. The second-order valence-electron chi connectivity index (χ2n) is 7.37. The van der Waals surface area contributed by atoms with E-state index in [0.29, 0.717) is 23.7 Å². The van der Waals surface area contributed by atoms with Crippen molar-refractivity contribution in [3.8, 4) is 0 Å². The third-order valence-corrected chi connectivity index (χ3v) is 4.32. The predicted molar refractivity (Wildman–Crippen MR) is 113 cm³/mol. The Morgan fingerprint density at radius 1 is 0.931 bits per heavy atom. The summed E-state index contributed by atoms with van der Waals surface area (Å²) in [5.41, 5.74) is 1.79. The first-order chi connectivity index (χ1) is 13.9. The lowest BCUT2D eigenvalue weighted by molar-refractivity contribution is -0.147. The lowest BCUT2D eigenvalue weighted by Crippen LogP contribution is -2.29. The Kier molecular flexibility index (Phi) is 8.40. The molecule has 2 aromatic rings. The highest BCUT2D eigenvalue weighted by atomic mass is 16.5. The number of ether oxygens (including phenoxy) is 1. The molecular formula is C23H28N2O4. The highest BCUT2D eigenvalue weighted by molar-refractivity contribution is 6.04. The largest absolute Gasteiger partial charge is 0.456 e. The van der Waals surface area contributed by atoms with Crippen molar-refractivity contribution in [2.75, 3.05) is 18.5 Å². The number of benzene rings is 2. The molecule has 2 N–H and O–H groups in total. The van der Waals surface area contributed by atoms with Gasteiger partial charge in [-0.15, -0.1) is 0 Å². The molecule has 0 aliphatic rings. The van der Waals surface area contributed by atoms with Gasteiger partial charge in [-0.2, -0.15) is 0 Å². The maximum Gasteiger partial charge on any atom is 0.306 e. The van der Waals surface area contributed by atoms with Crippen LogP contribution < -0.4 is 10.6 Å². The highest BCUT2D eigenvalue weighted by Gasteiger charge is 2.16. The number of nitrogens with one attached hydrogen (secondary N) is 2. The third-order valence-electron chi connectivity index (χ3n) is 4.32. The van der Waals surface area contributed by atoms with Crippen molar-refractivity contribution in [1.29, 1.82) is 0 Å². The van der Waals surface area contributed by atoms with Gasteiger partial charge in [-0.1, -0.05) is 63.2 Å². The van der Waals surface area contributed by atoms with Gasteiger partial charge in [0.1, 0.15) is 0 Å². The van der Waals surface area contributed by atoms with Gasteiger partial charge in [0.2, 0.25) is 0 Å². The van der Waals surface area contributed by atoms with Crippen LogP contribution in [-0.2, 0) is 14.3 Å². The summed E-state index contributed by atoms with van der Waals surface area (Å²) in [6.07, 6.45) is 0.186. The molecule has 2 amide bonds. The summed E-state index contributed by atoms with van der Waals surface area (Å²) in [6, 6.07) is 16.4. The van der Waals surface area contributed by atoms with Gasteiger partial charge >= 0.3 is 5.97 Å². The van der Waals surface area contributed by atoms with Gasteiger partial charge < -0.3 is 15.4 Å². The molecule has 0 heterocycles. The lowest BCUT2D eigenvalue weighted by Gasteiger charge is -2.13. The van der Waals surface area contributed by atoms with E-state index in [1.54, 1.807) is 24.3 Å². The number of carbonyl (C=O) groups excluding carboxylic acids is 3. The van der Waals surface area contributed by atoms with Crippen LogP contribution in [0.2, 0.25) is 0 Å². The van der Waals surface area contributed by atoms with Crippen molar-refractivity contribution in [1.82, 2.24) is 5.32 Å². The number of hydrogen-bond acceptors (Lipinski definition) is 4. The Bertz CT molecular complexity index is 834. The van der Waals surface area contributed by atoms with E-state index >= 15 is 0 Å². The van der Waals surface area contributed by atoms with Crippen molar-refractivity contribution in [2.24, 2.45) is 5.92 Å². The monoisotopic (exact) mass is 396 g/mol. The van der Waals surface area contributed by atoms with E-state index in [-0.39, 0.29) is 18.2 Å². The van der Waals surface area contributed by atoms with Gasteiger partial charge in [-0.25, -0.2) is 0 Å². The Labute approximate surface area is 171 Å². The van der Waals surface area contributed by atoms with Crippen molar-refractivity contribution in [2.45, 2.75) is 33.1 Å². The second kappa shape index (κ2) is 11.0. The molecule has 2 rings (SSSR count). The summed E-state index contributed by atoms with van der Waals surface area (Å²) in [5, 5.41) is 5.47. The van der Waals surface area contributed by atoms with Gasteiger partial charge in [0, 0.05) is 6.54 Å². The molecule has 0 aliphatic heterocycles. The average Bonchev–Trinajstić information content (AvgIpc) is 2.71. The second-order valence-corrected chi connectivity index (χ2v) is 7.37. The van der Waals surface area contributed by atoms with Crippen LogP contribution >= 0.6 is 0 Å². The molecule has 1 atom stereocenters. The van der Waals surface area contributed by atoms with Crippen LogP contribution in [0.3, 0.4) is 0 Å². The molecule has 154 valence electrons. The summed E-state index contributed by atoms with van der Waals surface area (Å²) in [4.78, 5) is 36.6. The van der Waals surface area contributed by atoms with Gasteiger partial charge in [-0.3, -0.25) is 14.4 Å². The van der Waals surface area contributed by atoms with Gasteiger partial charge in [0.15, 0.2) is 6.61 Å². The fourth-order valence-electron chi connectivity index (χ4n) is 2.72. The summed E-state index contributed by atoms with van der Waals surface area (Å²) < 4.78 is 5.10. The zero-order chi connectivity index (χ0) is 21.2. The van der Waals surface area contributed by atoms with Crippen LogP contribution in [0, 0.1) is 5.92 Å². The SMILES string of the molecule is CC(C)CNC(=O)c1ccccc1NC(=O)COC(=O)CC(C)c1ccccc1. The first-order valence-corrected chi connectivity index (χ1v) is 9.74. The molecule has 6 heteroatoms. The Balaban J connectivity index is 1.86. The van der Waals surface area contributed by atoms with E-state index in [1.165, 1.54) is 0 Å². The van der Waals surface area contributed by atoms with Crippen molar-refractivity contribution in [3.05, 3.63) is 65.7 Å². The molecule has 0 aromatic heterocycles. The summed E-state index contributed by atoms with van der Waals surface area (Å²) >= 11 is 0. The van der Waals surface area contributed by atoms with Crippen LogP contribution in [0.1, 0.15) is 49.0 Å². The smallest absolute Gasteiger partial charge is 0.306 e. The van der Waals surface area contributed by atoms with Gasteiger partial charge in [0.05, 0.1) is 17.7 Å². The van der Waals surface area contributed by atoms with E-state index in [9.17, 15) is 14.4 Å². The minimum atomic E-state index is -0.491. The Morgan fingerprint density at radius 3 is 2.28 bits per heavy atom. The zero-order valence-corrected chi connectivity index (χ0v) is 17.1. The summed E-state index contributed by atoms with van der Waals surface area (Å²) in [5.74, 6) is -0.881. The molecule has 0 bridgehead atoms. The summed E-state index contributed by atoms with van der Waals surface area (Å²) in [6.45, 7) is 6.07. The quantitative estimate of drug-likeness (QED) is 0.632. The van der Waals surface area contributed by atoms with Crippen LogP contribution in [0.4, 0.5) is 5.69 Å². The van der Waals surface area contributed by atoms with Crippen molar-refractivity contribution >= 4 is 23.5 Å². The maximum absolute atomic E-state index is 12.3. The zero-order valence-electron chi connectivity index (χ0n) is 17.1. The van der Waals surface area contributed by atoms with Crippen LogP contribution in [0.5, 0.6) is 0 Å². The molecule has 0 saturated heterocycles. The minimum absolute atomic E-state index is 0.00265. The lowest BCUT2D eigenvalue weighted by atomic mass is 9.98. The van der Waals surface area contributed by atoms with E-state index < -0.39 is 18.5 Å². The average molecular weight is 396 g/mol. The van der Waals surface area contributed by atoms with Gasteiger partial charge in [-0.05, 0) is 29.5 Å². The fraction of sp³-hybridized carbons (Fsp3) is 0.348. The van der Waals surface area contributed by atoms with E-state index in [1.807, 2.05) is 51.1 Å². The number of amides is 2. The number of esters is 1.